The molecule has 24 heavy (non-hydrogen) atoms. The van der Waals surface area contributed by atoms with Crippen LogP contribution in [0.4, 0.5) is 4.39 Å². The molecule has 0 radical (unpaired) electrons. The zero-order valence-electron chi connectivity index (χ0n) is 12.9. The van der Waals surface area contributed by atoms with Gasteiger partial charge in [0, 0.05) is 17.0 Å². The Bertz CT molecular complexity index is 945. The highest BCUT2D eigenvalue weighted by molar-refractivity contribution is 5.93. The van der Waals surface area contributed by atoms with E-state index in [-0.39, 0.29) is 17.8 Å². The van der Waals surface area contributed by atoms with Crippen LogP contribution in [0.3, 0.4) is 0 Å². The van der Waals surface area contributed by atoms with Crippen LogP contribution in [0.2, 0.25) is 0 Å². The fraction of sp³-hybridized carbons (Fsp3) is 0.158. The van der Waals surface area contributed by atoms with Gasteiger partial charge in [-0.25, -0.2) is 4.39 Å². The molecule has 2 aromatic carbocycles. The number of hydrogen-bond donors (Lipinski definition) is 2. The van der Waals surface area contributed by atoms with E-state index in [1.807, 2.05) is 18.2 Å². The van der Waals surface area contributed by atoms with E-state index < -0.39 is 0 Å². The fourth-order valence-corrected chi connectivity index (χ4v) is 3.20. The molecule has 1 heterocycles. The van der Waals surface area contributed by atoms with Crippen LogP contribution in [0.5, 0.6) is 0 Å². The summed E-state index contributed by atoms with van der Waals surface area (Å²) in [6.45, 7) is 0. The summed E-state index contributed by atoms with van der Waals surface area (Å²) in [4.78, 5) is 12.2. The predicted octanol–water partition coefficient (Wildman–Crippen LogP) is 3.52. The minimum Gasteiger partial charge on any atom is -0.346 e. The van der Waals surface area contributed by atoms with E-state index in [9.17, 15) is 9.18 Å². The standard InChI is InChI=1S/C19H16FN3O/c20-16-9-14-11-21-23-18(14)10-13(16)6-8-19(24)22-17-7-5-12-3-1-2-4-15(12)17/h1-4,6,8-11,17H,5,7H2,(H,21,23)(H,22,24)/b8-6+. The molecule has 1 aliphatic rings. The van der Waals surface area contributed by atoms with Crippen molar-refractivity contribution >= 4 is 22.9 Å². The largest absolute Gasteiger partial charge is 0.346 e. The van der Waals surface area contributed by atoms with Gasteiger partial charge in [0.2, 0.25) is 5.91 Å². The van der Waals surface area contributed by atoms with E-state index in [2.05, 4.69) is 21.6 Å². The number of hydrogen-bond acceptors (Lipinski definition) is 2. The summed E-state index contributed by atoms with van der Waals surface area (Å²) in [5.41, 5.74) is 3.54. The summed E-state index contributed by atoms with van der Waals surface area (Å²) >= 11 is 0. The fourth-order valence-electron chi connectivity index (χ4n) is 3.20. The zero-order chi connectivity index (χ0) is 16.5. The second-order valence-electron chi connectivity index (χ2n) is 5.96. The highest BCUT2D eigenvalue weighted by Crippen LogP contribution is 2.30. The quantitative estimate of drug-likeness (QED) is 0.725. The van der Waals surface area contributed by atoms with E-state index in [1.165, 1.54) is 29.3 Å². The number of carbonyl (C=O) groups excluding carboxylic acids is 1. The lowest BCUT2D eigenvalue weighted by molar-refractivity contribution is -0.117. The van der Waals surface area contributed by atoms with Crippen molar-refractivity contribution in [2.24, 2.45) is 0 Å². The Morgan fingerprint density at radius 3 is 3.12 bits per heavy atom. The van der Waals surface area contributed by atoms with E-state index in [0.717, 1.165) is 18.4 Å². The Morgan fingerprint density at radius 1 is 1.33 bits per heavy atom. The van der Waals surface area contributed by atoms with Gasteiger partial charge in [0.1, 0.15) is 5.82 Å². The molecule has 2 N–H and O–H groups in total. The summed E-state index contributed by atoms with van der Waals surface area (Å²) < 4.78 is 14.0. The number of amides is 1. The van der Waals surface area contributed by atoms with Crippen molar-refractivity contribution < 1.29 is 9.18 Å². The third kappa shape index (κ3) is 2.69. The number of nitrogens with one attached hydrogen (secondary N) is 2. The molecule has 0 spiro atoms. The van der Waals surface area contributed by atoms with Crippen LogP contribution in [0.1, 0.15) is 29.2 Å². The first-order valence-corrected chi connectivity index (χ1v) is 7.90. The third-order valence-electron chi connectivity index (χ3n) is 4.42. The second kappa shape index (κ2) is 5.92. The second-order valence-corrected chi connectivity index (χ2v) is 5.96. The third-order valence-corrected chi connectivity index (χ3v) is 4.42. The number of halogens is 1. The molecular formula is C19H16FN3O. The van der Waals surface area contributed by atoms with Crippen LogP contribution in [0.15, 0.2) is 48.7 Å². The molecule has 1 aromatic heterocycles. The Hall–Kier alpha value is -2.95. The van der Waals surface area contributed by atoms with Crippen molar-refractivity contribution in [1.82, 2.24) is 15.5 Å². The number of H-pyrrole nitrogens is 1. The van der Waals surface area contributed by atoms with Gasteiger partial charge in [0.25, 0.3) is 0 Å². The topological polar surface area (TPSA) is 57.8 Å². The molecule has 1 amide bonds. The lowest BCUT2D eigenvalue weighted by Crippen LogP contribution is -2.25. The van der Waals surface area contributed by atoms with Gasteiger partial charge in [-0.2, -0.15) is 5.10 Å². The molecule has 0 aliphatic heterocycles. The number of aryl methyl sites for hydroxylation is 1. The number of benzene rings is 2. The number of carbonyl (C=O) groups is 1. The first-order valence-electron chi connectivity index (χ1n) is 7.90. The molecule has 0 fully saturated rings. The number of aromatic nitrogens is 2. The van der Waals surface area contributed by atoms with E-state index >= 15 is 0 Å². The molecule has 4 nitrogen and oxygen atoms in total. The number of rotatable bonds is 3. The molecule has 4 rings (SSSR count). The summed E-state index contributed by atoms with van der Waals surface area (Å²) in [5, 5.41) is 10.4. The van der Waals surface area contributed by atoms with Gasteiger partial charge in [-0.3, -0.25) is 9.89 Å². The van der Waals surface area contributed by atoms with Gasteiger partial charge in [-0.05, 0) is 42.2 Å². The Labute approximate surface area is 138 Å². The van der Waals surface area contributed by atoms with E-state index in [4.69, 9.17) is 0 Å². The normalized spacial score (nSPS) is 16.6. The van der Waals surface area contributed by atoms with Gasteiger partial charge in [-0.1, -0.05) is 24.3 Å². The van der Waals surface area contributed by atoms with Gasteiger partial charge in [-0.15, -0.1) is 0 Å². The van der Waals surface area contributed by atoms with Crippen LogP contribution in [0.25, 0.3) is 17.0 Å². The average Bonchev–Trinajstić information content (AvgIpc) is 3.19. The van der Waals surface area contributed by atoms with Gasteiger partial charge in [0.15, 0.2) is 0 Å². The first kappa shape index (κ1) is 14.6. The Morgan fingerprint density at radius 2 is 2.21 bits per heavy atom. The minimum atomic E-state index is -0.376. The maximum atomic E-state index is 14.0. The molecule has 1 aliphatic carbocycles. The van der Waals surface area contributed by atoms with Crippen molar-refractivity contribution in [3.8, 4) is 0 Å². The maximum absolute atomic E-state index is 14.0. The smallest absolute Gasteiger partial charge is 0.244 e. The number of fused-ring (bicyclic) bond motifs is 2. The lowest BCUT2D eigenvalue weighted by Gasteiger charge is -2.12. The molecule has 5 heteroatoms. The van der Waals surface area contributed by atoms with Crippen molar-refractivity contribution in [3.63, 3.8) is 0 Å². The van der Waals surface area contributed by atoms with Crippen LogP contribution in [-0.2, 0) is 11.2 Å². The summed E-state index contributed by atoms with van der Waals surface area (Å²) in [7, 11) is 0. The van der Waals surface area contributed by atoms with E-state index in [1.54, 1.807) is 12.3 Å². The summed E-state index contributed by atoms with van der Waals surface area (Å²) in [6, 6.07) is 11.2. The highest BCUT2D eigenvalue weighted by Gasteiger charge is 2.22. The summed E-state index contributed by atoms with van der Waals surface area (Å²) in [5.74, 6) is -0.597. The van der Waals surface area contributed by atoms with Crippen LogP contribution >= 0.6 is 0 Å². The summed E-state index contributed by atoms with van der Waals surface area (Å²) in [6.07, 6.45) is 6.30. The molecular weight excluding hydrogens is 305 g/mol. The van der Waals surface area contributed by atoms with E-state index in [0.29, 0.717) is 10.9 Å². The molecule has 1 atom stereocenters. The average molecular weight is 321 g/mol. The molecule has 0 bridgehead atoms. The zero-order valence-corrected chi connectivity index (χ0v) is 12.9. The molecule has 120 valence electrons. The Balaban J connectivity index is 1.49. The molecule has 3 aromatic rings. The van der Waals surface area contributed by atoms with Crippen molar-refractivity contribution in [2.75, 3.05) is 0 Å². The molecule has 0 saturated heterocycles. The number of aromatic amines is 1. The Kier molecular flexibility index (Phi) is 3.61. The van der Waals surface area contributed by atoms with Crippen LogP contribution < -0.4 is 5.32 Å². The predicted molar refractivity (Wildman–Crippen MR) is 90.7 cm³/mol. The van der Waals surface area contributed by atoms with Crippen LogP contribution in [0, 0.1) is 5.82 Å². The van der Waals surface area contributed by atoms with Crippen molar-refractivity contribution in [2.45, 2.75) is 18.9 Å². The van der Waals surface area contributed by atoms with Gasteiger partial charge >= 0.3 is 0 Å². The van der Waals surface area contributed by atoms with Crippen molar-refractivity contribution in [3.05, 3.63) is 71.2 Å². The number of nitrogens with zero attached hydrogens (tertiary/aromatic N) is 1. The van der Waals surface area contributed by atoms with Crippen molar-refractivity contribution in [1.29, 1.82) is 0 Å². The minimum absolute atomic E-state index is 0.0262. The monoisotopic (exact) mass is 321 g/mol. The van der Waals surface area contributed by atoms with Crippen LogP contribution in [-0.4, -0.2) is 16.1 Å². The molecule has 1 unspecified atom stereocenters. The molecule has 0 saturated carbocycles. The SMILES string of the molecule is O=C(/C=C/c1cc2[nH]ncc2cc1F)NC1CCc2ccccc21. The maximum Gasteiger partial charge on any atom is 0.244 e. The van der Waals surface area contributed by atoms with Gasteiger partial charge in [0.05, 0.1) is 17.8 Å². The first-order chi connectivity index (χ1) is 11.7. The lowest BCUT2D eigenvalue weighted by atomic mass is 10.1. The highest BCUT2D eigenvalue weighted by atomic mass is 19.1. The van der Waals surface area contributed by atoms with Gasteiger partial charge < -0.3 is 5.32 Å².